The Morgan fingerprint density at radius 2 is 2.04 bits per heavy atom. The molecule has 0 heterocycles. The number of sulfonamides is 1. The normalized spacial score (nSPS) is 29.0. The second-order valence-corrected chi connectivity index (χ2v) is 10.1. The fourth-order valence-electron chi connectivity index (χ4n) is 4.34. The van der Waals surface area contributed by atoms with Crippen molar-refractivity contribution in [2.24, 2.45) is 16.7 Å². The third-order valence-corrected chi connectivity index (χ3v) is 8.03. The Labute approximate surface area is 146 Å². The first-order valence-corrected chi connectivity index (χ1v) is 10.3. The average Bonchev–Trinajstić information content (AvgIpc) is 2.75. The highest BCUT2D eigenvalue weighted by atomic mass is 79.9. The summed E-state index contributed by atoms with van der Waals surface area (Å²) in [5, 5.41) is 0. The van der Waals surface area contributed by atoms with Crippen molar-refractivity contribution in [3.63, 3.8) is 0 Å². The first-order valence-electron chi connectivity index (χ1n) is 7.87. The molecule has 0 unspecified atom stereocenters. The summed E-state index contributed by atoms with van der Waals surface area (Å²) in [4.78, 5) is 12.5. The van der Waals surface area contributed by atoms with Gasteiger partial charge < -0.3 is 0 Å². The zero-order valence-electron chi connectivity index (χ0n) is 13.6. The molecule has 2 saturated carbocycles. The van der Waals surface area contributed by atoms with Gasteiger partial charge in [-0.25, -0.2) is 8.42 Å². The van der Waals surface area contributed by atoms with E-state index in [4.69, 9.17) is 0 Å². The van der Waals surface area contributed by atoms with Gasteiger partial charge >= 0.3 is 0 Å². The highest BCUT2D eigenvalue weighted by Crippen LogP contribution is 2.64. The number of hydrogen-bond donors (Lipinski definition) is 1. The molecule has 2 aliphatic rings. The highest BCUT2D eigenvalue weighted by molar-refractivity contribution is 9.10. The molecule has 1 aromatic rings. The molecule has 126 valence electrons. The van der Waals surface area contributed by atoms with E-state index in [1.165, 1.54) is 0 Å². The molecule has 2 bridgehead atoms. The lowest BCUT2D eigenvalue weighted by molar-refractivity contribution is -0.128. The zero-order valence-corrected chi connectivity index (χ0v) is 16.1. The van der Waals surface area contributed by atoms with Gasteiger partial charge in [-0.2, -0.15) is 0 Å². The summed E-state index contributed by atoms with van der Waals surface area (Å²) in [6, 6.07) is 5.47. The van der Waals surface area contributed by atoms with Gasteiger partial charge in [-0.1, -0.05) is 19.9 Å². The van der Waals surface area contributed by atoms with Gasteiger partial charge in [0.05, 0.1) is 16.9 Å². The minimum atomic E-state index is -3.60. The summed E-state index contributed by atoms with van der Waals surface area (Å²) in [5.41, 5.74) is 0.582. The predicted octanol–water partition coefficient (Wildman–Crippen LogP) is 3.89. The maximum absolute atomic E-state index is 12.7. The van der Waals surface area contributed by atoms with Crippen molar-refractivity contribution in [1.82, 2.24) is 0 Å². The van der Waals surface area contributed by atoms with Crippen molar-refractivity contribution in [3.05, 3.63) is 28.2 Å². The van der Waals surface area contributed by atoms with E-state index in [0.717, 1.165) is 12.0 Å². The van der Waals surface area contributed by atoms with Crippen LogP contribution in [0.3, 0.4) is 0 Å². The molecule has 0 amide bonds. The molecular weight excluding hydrogens is 378 g/mol. The topological polar surface area (TPSA) is 63.2 Å². The van der Waals surface area contributed by atoms with Crippen LogP contribution in [0, 0.1) is 23.7 Å². The first-order chi connectivity index (χ1) is 10.6. The van der Waals surface area contributed by atoms with Gasteiger partial charge in [0.2, 0.25) is 10.0 Å². The lowest BCUT2D eigenvalue weighted by atomic mass is 9.70. The molecule has 1 N–H and O–H groups in total. The van der Waals surface area contributed by atoms with Crippen molar-refractivity contribution in [1.29, 1.82) is 0 Å². The molecule has 2 aliphatic carbocycles. The highest BCUT2D eigenvalue weighted by Gasteiger charge is 2.65. The maximum atomic E-state index is 12.7. The Morgan fingerprint density at radius 1 is 1.35 bits per heavy atom. The van der Waals surface area contributed by atoms with Gasteiger partial charge in [0, 0.05) is 10.9 Å². The molecule has 0 radical (unpaired) electrons. The lowest BCUT2D eigenvalue weighted by Gasteiger charge is -2.36. The van der Waals surface area contributed by atoms with E-state index in [1.54, 1.807) is 6.07 Å². The number of nitrogens with one attached hydrogen (secondary N) is 1. The number of Topliss-reactive ketones (excluding diaryl/α,β-unsaturated/α-hetero) is 1. The first kappa shape index (κ1) is 17.0. The molecule has 23 heavy (non-hydrogen) atoms. The van der Waals surface area contributed by atoms with Crippen LogP contribution >= 0.6 is 15.9 Å². The molecule has 2 fully saturated rings. The van der Waals surface area contributed by atoms with Crippen LogP contribution in [0.25, 0.3) is 0 Å². The summed E-state index contributed by atoms with van der Waals surface area (Å²) in [7, 11) is -3.60. The molecular formula is C17H22BrNO3S. The Balaban J connectivity index is 1.88. The maximum Gasteiger partial charge on any atom is 0.233 e. The zero-order chi connectivity index (χ0) is 17.0. The van der Waals surface area contributed by atoms with Gasteiger partial charge in [0.25, 0.3) is 0 Å². The summed E-state index contributed by atoms with van der Waals surface area (Å²) in [5.74, 6) is 0.311. The van der Waals surface area contributed by atoms with Crippen LogP contribution in [0.2, 0.25) is 0 Å². The third kappa shape index (κ3) is 2.64. The molecule has 1 aromatic carbocycles. The number of aryl methyl sites for hydroxylation is 1. The van der Waals surface area contributed by atoms with Gasteiger partial charge in [-0.05, 0) is 64.7 Å². The van der Waals surface area contributed by atoms with Gasteiger partial charge in [-0.15, -0.1) is 0 Å². The minimum Gasteiger partial charge on any atom is -0.299 e. The predicted molar refractivity (Wildman–Crippen MR) is 94.9 cm³/mol. The third-order valence-electron chi connectivity index (χ3n) is 5.97. The number of benzene rings is 1. The second kappa shape index (κ2) is 5.31. The fraction of sp³-hybridized carbons (Fsp3) is 0.588. The summed E-state index contributed by atoms with van der Waals surface area (Å²) >= 11 is 3.39. The SMILES string of the molecule is Cc1ccc(NS(=O)(=O)C[C@]23CC[C@@H](CC2=O)C3(C)C)c(Br)c1. The van der Waals surface area contributed by atoms with E-state index in [2.05, 4.69) is 20.7 Å². The van der Waals surface area contributed by atoms with E-state index in [9.17, 15) is 13.2 Å². The van der Waals surface area contributed by atoms with Crippen LogP contribution in [-0.2, 0) is 14.8 Å². The van der Waals surface area contributed by atoms with E-state index < -0.39 is 15.4 Å². The standard InChI is InChI=1S/C17H22BrNO3S/c1-11-4-5-14(13(18)8-11)19-23(21,22)10-17-7-6-12(9-15(17)20)16(17,2)3/h4-5,8,12,19H,6-7,9-10H2,1-3H3/t12-,17+/m0/s1. The van der Waals surface area contributed by atoms with E-state index in [-0.39, 0.29) is 17.0 Å². The number of carbonyl (C=O) groups is 1. The Bertz CT molecular complexity index is 772. The summed E-state index contributed by atoms with van der Waals surface area (Å²) in [6.07, 6.45) is 2.15. The van der Waals surface area contributed by atoms with Crippen LogP contribution in [0.5, 0.6) is 0 Å². The van der Waals surface area contributed by atoms with Gasteiger partial charge in [0.15, 0.2) is 0 Å². The number of halogens is 1. The molecule has 4 nitrogen and oxygen atoms in total. The number of hydrogen-bond acceptors (Lipinski definition) is 3. The molecule has 0 spiro atoms. The van der Waals surface area contributed by atoms with Crippen molar-refractivity contribution < 1.29 is 13.2 Å². The van der Waals surface area contributed by atoms with E-state index in [1.807, 2.05) is 32.9 Å². The second-order valence-electron chi connectivity index (χ2n) is 7.51. The molecule has 6 heteroatoms. The molecule has 2 atom stereocenters. The van der Waals surface area contributed by atoms with Gasteiger partial charge in [-0.3, -0.25) is 9.52 Å². The molecule has 0 aromatic heterocycles. The summed E-state index contributed by atoms with van der Waals surface area (Å²) < 4.78 is 28.8. The van der Waals surface area contributed by atoms with E-state index >= 15 is 0 Å². The van der Waals surface area contributed by atoms with Crippen molar-refractivity contribution in [2.75, 3.05) is 10.5 Å². The Hall–Kier alpha value is -0.880. The molecule has 3 rings (SSSR count). The molecule has 0 aliphatic heterocycles. The largest absolute Gasteiger partial charge is 0.299 e. The van der Waals surface area contributed by atoms with Crippen LogP contribution in [0.4, 0.5) is 5.69 Å². The number of carbonyl (C=O) groups excluding carboxylic acids is 1. The van der Waals surface area contributed by atoms with Crippen molar-refractivity contribution in [2.45, 2.75) is 40.0 Å². The van der Waals surface area contributed by atoms with Crippen LogP contribution in [-0.4, -0.2) is 20.0 Å². The van der Waals surface area contributed by atoms with E-state index in [0.29, 0.717) is 28.9 Å². The smallest absolute Gasteiger partial charge is 0.233 e. The monoisotopic (exact) mass is 399 g/mol. The average molecular weight is 400 g/mol. The number of ketones is 1. The van der Waals surface area contributed by atoms with Gasteiger partial charge in [0.1, 0.15) is 5.78 Å². The quantitative estimate of drug-likeness (QED) is 0.834. The fourth-order valence-corrected chi connectivity index (χ4v) is 6.97. The number of anilines is 1. The number of fused-ring (bicyclic) bond motifs is 2. The summed E-state index contributed by atoms with van der Waals surface area (Å²) in [6.45, 7) is 6.04. The Morgan fingerprint density at radius 3 is 2.57 bits per heavy atom. The van der Waals surface area contributed by atoms with Crippen molar-refractivity contribution >= 4 is 37.4 Å². The minimum absolute atomic E-state index is 0.118. The molecule has 0 saturated heterocycles. The Kier molecular flexibility index (Phi) is 3.92. The lowest BCUT2D eigenvalue weighted by Crippen LogP contribution is -2.43. The van der Waals surface area contributed by atoms with Crippen LogP contribution in [0.1, 0.15) is 38.7 Å². The van der Waals surface area contributed by atoms with Crippen molar-refractivity contribution in [3.8, 4) is 0 Å². The van der Waals surface area contributed by atoms with Crippen LogP contribution in [0.15, 0.2) is 22.7 Å². The van der Waals surface area contributed by atoms with Crippen LogP contribution < -0.4 is 4.72 Å². The number of rotatable bonds is 4.